The highest BCUT2D eigenvalue weighted by atomic mass is 16.5. The van der Waals surface area contributed by atoms with Crippen molar-refractivity contribution in [3.8, 4) is 5.75 Å². The van der Waals surface area contributed by atoms with E-state index >= 15 is 0 Å². The zero-order valence-electron chi connectivity index (χ0n) is 13.2. The average molecular weight is 289 g/mol. The molecule has 1 aliphatic heterocycles. The van der Waals surface area contributed by atoms with Crippen LogP contribution in [0.2, 0.25) is 0 Å². The monoisotopic (exact) mass is 289 g/mol. The second kappa shape index (κ2) is 6.27. The first-order valence-electron chi connectivity index (χ1n) is 8.36. The minimum atomic E-state index is 0.195. The summed E-state index contributed by atoms with van der Waals surface area (Å²) >= 11 is 0. The zero-order chi connectivity index (χ0) is 14.7. The van der Waals surface area contributed by atoms with Gasteiger partial charge < -0.3 is 14.8 Å². The number of benzene rings is 1. The lowest BCUT2D eigenvalue weighted by atomic mass is 9.74. The van der Waals surface area contributed by atoms with Crippen LogP contribution >= 0.6 is 0 Å². The smallest absolute Gasteiger partial charge is 0.121 e. The Bertz CT molecular complexity index is 470. The number of nitrogens with one attached hydrogen (secondary N) is 1. The van der Waals surface area contributed by atoms with E-state index < -0.39 is 0 Å². The molecular formula is C18H27NO2. The maximum Gasteiger partial charge on any atom is 0.121 e. The molecule has 3 nitrogen and oxygen atoms in total. The van der Waals surface area contributed by atoms with Gasteiger partial charge in [-0.25, -0.2) is 0 Å². The Hall–Kier alpha value is -1.22. The van der Waals surface area contributed by atoms with E-state index in [1.165, 1.54) is 19.3 Å². The van der Waals surface area contributed by atoms with Crippen molar-refractivity contribution in [2.24, 2.45) is 0 Å². The molecule has 3 heteroatoms. The molecule has 2 unspecified atom stereocenters. The predicted octanol–water partition coefficient (Wildman–Crippen LogP) is 4.38. The number of hydrogen-bond donors (Lipinski definition) is 1. The third kappa shape index (κ3) is 3.52. The summed E-state index contributed by atoms with van der Waals surface area (Å²) in [5.41, 5.74) is 1.36. The van der Waals surface area contributed by atoms with E-state index in [4.69, 9.17) is 9.47 Å². The molecule has 2 atom stereocenters. The Labute approximate surface area is 128 Å². The molecule has 21 heavy (non-hydrogen) atoms. The molecule has 1 saturated carbocycles. The summed E-state index contributed by atoms with van der Waals surface area (Å²) in [4.78, 5) is 0. The second-order valence-corrected chi connectivity index (χ2v) is 6.58. The molecule has 1 aliphatic carbocycles. The van der Waals surface area contributed by atoms with Gasteiger partial charge in [0, 0.05) is 24.4 Å². The fraction of sp³-hybridized carbons (Fsp3) is 0.667. The first-order chi connectivity index (χ1) is 10.2. The molecule has 1 saturated heterocycles. The van der Waals surface area contributed by atoms with Gasteiger partial charge in [-0.3, -0.25) is 0 Å². The minimum Gasteiger partial charge on any atom is -0.491 e. The average Bonchev–Trinajstić information content (AvgIpc) is 2.46. The fourth-order valence-corrected chi connectivity index (χ4v) is 3.28. The van der Waals surface area contributed by atoms with Crippen LogP contribution in [0.25, 0.3) is 0 Å². The number of rotatable bonds is 5. The highest BCUT2D eigenvalue weighted by Gasteiger charge is 2.42. The van der Waals surface area contributed by atoms with Crippen LogP contribution < -0.4 is 10.1 Å². The van der Waals surface area contributed by atoms with Gasteiger partial charge in [-0.1, -0.05) is 13.0 Å². The molecule has 1 aromatic rings. The predicted molar refractivity (Wildman–Crippen MR) is 86.0 cm³/mol. The van der Waals surface area contributed by atoms with Crippen LogP contribution in [0.3, 0.4) is 0 Å². The summed E-state index contributed by atoms with van der Waals surface area (Å²) in [5.74, 6) is 0.958. The van der Waals surface area contributed by atoms with Crippen LogP contribution in [-0.4, -0.2) is 24.4 Å². The summed E-state index contributed by atoms with van der Waals surface area (Å²) in [6.07, 6.45) is 7.33. The van der Waals surface area contributed by atoms with Crippen molar-refractivity contribution in [2.45, 2.75) is 70.1 Å². The number of anilines is 1. The van der Waals surface area contributed by atoms with E-state index in [0.717, 1.165) is 37.3 Å². The van der Waals surface area contributed by atoms with Gasteiger partial charge in [-0.2, -0.15) is 0 Å². The number of ether oxygens (including phenoxy) is 2. The van der Waals surface area contributed by atoms with Gasteiger partial charge in [0.05, 0.1) is 11.7 Å². The highest BCUT2D eigenvalue weighted by molar-refractivity contribution is 5.49. The zero-order valence-corrected chi connectivity index (χ0v) is 13.2. The van der Waals surface area contributed by atoms with Gasteiger partial charge in [-0.15, -0.1) is 0 Å². The lowest BCUT2D eigenvalue weighted by molar-refractivity contribution is -0.130. The first-order valence-corrected chi connectivity index (χ1v) is 8.36. The lowest BCUT2D eigenvalue weighted by Crippen LogP contribution is -2.48. The van der Waals surface area contributed by atoms with Crippen LogP contribution in [0, 0.1) is 0 Å². The molecule has 2 fully saturated rings. The summed E-state index contributed by atoms with van der Waals surface area (Å²) in [5, 5.41) is 3.68. The molecule has 0 amide bonds. The van der Waals surface area contributed by atoms with Gasteiger partial charge in [0.2, 0.25) is 0 Å². The lowest BCUT2D eigenvalue weighted by Gasteiger charge is -2.47. The first kappa shape index (κ1) is 14.7. The molecule has 2 aliphatic rings. The van der Waals surface area contributed by atoms with Crippen molar-refractivity contribution in [1.82, 2.24) is 0 Å². The Kier molecular flexibility index (Phi) is 4.39. The van der Waals surface area contributed by atoms with E-state index in [9.17, 15) is 0 Å². The van der Waals surface area contributed by atoms with Crippen LogP contribution in [0.15, 0.2) is 24.3 Å². The Morgan fingerprint density at radius 1 is 1.43 bits per heavy atom. The SMILES string of the molecule is CCC(C)Oc1cccc(NC2CCOC3(CCC3)C2)c1. The molecule has 3 rings (SSSR count). The van der Waals surface area contributed by atoms with E-state index in [1.54, 1.807) is 0 Å². The van der Waals surface area contributed by atoms with Gasteiger partial charge in [0.1, 0.15) is 5.75 Å². The highest BCUT2D eigenvalue weighted by Crippen LogP contribution is 2.42. The molecule has 0 radical (unpaired) electrons. The van der Waals surface area contributed by atoms with Gasteiger partial charge in [0.25, 0.3) is 0 Å². The topological polar surface area (TPSA) is 30.5 Å². The summed E-state index contributed by atoms with van der Waals surface area (Å²) < 4.78 is 11.9. The van der Waals surface area contributed by atoms with Crippen LogP contribution in [0.5, 0.6) is 5.75 Å². The van der Waals surface area contributed by atoms with Crippen molar-refractivity contribution in [2.75, 3.05) is 11.9 Å². The van der Waals surface area contributed by atoms with Crippen molar-refractivity contribution in [3.63, 3.8) is 0 Å². The molecule has 0 aromatic heterocycles. The van der Waals surface area contributed by atoms with Gasteiger partial charge in [-0.05, 0) is 57.6 Å². The Morgan fingerprint density at radius 2 is 2.29 bits per heavy atom. The second-order valence-electron chi connectivity index (χ2n) is 6.58. The van der Waals surface area contributed by atoms with Crippen molar-refractivity contribution >= 4 is 5.69 Å². The van der Waals surface area contributed by atoms with E-state index in [1.807, 2.05) is 6.07 Å². The minimum absolute atomic E-state index is 0.195. The fourth-order valence-electron chi connectivity index (χ4n) is 3.28. The molecule has 116 valence electrons. The molecule has 1 spiro atoms. The van der Waals surface area contributed by atoms with E-state index in [0.29, 0.717) is 6.04 Å². The molecular weight excluding hydrogens is 262 g/mol. The third-order valence-electron chi connectivity index (χ3n) is 4.87. The summed E-state index contributed by atoms with van der Waals surface area (Å²) in [7, 11) is 0. The van der Waals surface area contributed by atoms with Crippen LogP contribution in [-0.2, 0) is 4.74 Å². The Balaban J connectivity index is 1.60. The largest absolute Gasteiger partial charge is 0.491 e. The molecule has 1 aromatic carbocycles. The van der Waals surface area contributed by atoms with Gasteiger partial charge >= 0.3 is 0 Å². The van der Waals surface area contributed by atoms with Crippen molar-refractivity contribution < 1.29 is 9.47 Å². The normalized spacial score (nSPS) is 25.1. The maximum atomic E-state index is 6.00. The Morgan fingerprint density at radius 3 is 3.00 bits per heavy atom. The van der Waals surface area contributed by atoms with Crippen LogP contribution in [0.4, 0.5) is 5.69 Å². The van der Waals surface area contributed by atoms with Crippen LogP contribution in [0.1, 0.15) is 52.4 Å². The van der Waals surface area contributed by atoms with Gasteiger partial charge in [0.15, 0.2) is 0 Å². The molecule has 1 N–H and O–H groups in total. The number of hydrogen-bond acceptors (Lipinski definition) is 3. The van der Waals surface area contributed by atoms with E-state index in [-0.39, 0.29) is 11.7 Å². The summed E-state index contributed by atoms with van der Waals surface area (Å²) in [6, 6.07) is 8.88. The summed E-state index contributed by atoms with van der Waals surface area (Å²) in [6.45, 7) is 5.15. The van der Waals surface area contributed by atoms with E-state index in [2.05, 4.69) is 37.4 Å². The molecule has 1 heterocycles. The van der Waals surface area contributed by atoms with Crippen molar-refractivity contribution in [1.29, 1.82) is 0 Å². The quantitative estimate of drug-likeness (QED) is 0.872. The standard InChI is InChI=1S/C18H27NO2/c1-3-14(2)21-17-7-4-6-15(12-17)19-16-8-11-20-18(13-16)9-5-10-18/h4,6-7,12,14,16,19H,3,5,8-11,13H2,1-2H3. The maximum absolute atomic E-state index is 6.00. The third-order valence-corrected chi connectivity index (χ3v) is 4.87. The molecule has 0 bridgehead atoms. The van der Waals surface area contributed by atoms with Crippen molar-refractivity contribution in [3.05, 3.63) is 24.3 Å².